The van der Waals surface area contributed by atoms with Crippen molar-refractivity contribution in [3.63, 3.8) is 0 Å². The number of amides is 2. The number of hydrogen-bond acceptors (Lipinski definition) is 5. The lowest BCUT2D eigenvalue weighted by Crippen LogP contribution is -2.23. The first-order chi connectivity index (χ1) is 10.1. The topological polar surface area (TPSA) is 84.7 Å². The van der Waals surface area contributed by atoms with Crippen molar-refractivity contribution in [1.29, 1.82) is 0 Å². The van der Waals surface area contributed by atoms with Gasteiger partial charge in [0.2, 0.25) is 5.76 Å². The number of nitrogens with zero attached hydrogens (tertiary/aromatic N) is 2. The van der Waals surface area contributed by atoms with Crippen LogP contribution in [-0.4, -0.2) is 30.3 Å². The van der Waals surface area contributed by atoms with E-state index < -0.39 is 5.91 Å². The van der Waals surface area contributed by atoms with E-state index >= 15 is 0 Å². The first-order valence-corrected chi connectivity index (χ1v) is 6.42. The molecule has 3 rings (SSSR count). The van der Waals surface area contributed by atoms with E-state index in [4.69, 9.17) is 9.26 Å². The zero-order valence-electron chi connectivity index (χ0n) is 11.3. The minimum Gasteiger partial charge on any atom is -0.447 e. The fourth-order valence-electron chi connectivity index (χ4n) is 2.04. The summed E-state index contributed by atoms with van der Waals surface area (Å²) < 4.78 is 9.79. The van der Waals surface area contributed by atoms with Crippen LogP contribution in [0.25, 0.3) is 0 Å². The minimum absolute atomic E-state index is 0.137. The maximum atomic E-state index is 12.0. The highest BCUT2D eigenvalue weighted by atomic mass is 16.6. The molecule has 0 radical (unpaired) electrons. The van der Waals surface area contributed by atoms with Crippen LogP contribution in [0.3, 0.4) is 0 Å². The van der Waals surface area contributed by atoms with Crippen molar-refractivity contribution in [2.45, 2.75) is 6.92 Å². The summed E-state index contributed by atoms with van der Waals surface area (Å²) in [6.07, 6.45) is -0.385. The Morgan fingerprint density at radius 1 is 1.38 bits per heavy atom. The molecule has 2 aromatic rings. The Labute approximate surface area is 120 Å². The normalized spacial score (nSPS) is 14.1. The Kier molecular flexibility index (Phi) is 3.31. The van der Waals surface area contributed by atoms with E-state index in [1.807, 2.05) is 0 Å². The fourth-order valence-corrected chi connectivity index (χ4v) is 2.04. The molecular formula is C14H13N3O4. The number of anilines is 2. The zero-order chi connectivity index (χ0) is 14.8. The molecule has 108 valence electrons. The minimum atomic E-state index is -0.392. The van der Waals surface area contributed by atoms with E-state index in [1.54, 1.807) is 37.3 Å². The lowest BCUT2D eigenvalue weighted by Gasteiger charge is -2.13. The number of carbonyl (C=O) groups is 2. The van der Waals surface area contributed by atoms with E-state index in [2.05, 4.69) is 10.5 Å². The van der Waals surface area contributed by atoms with Gasteiger partial charge in [-0.3, -0.25) is 9.69 Å². The van der Waals surface area contributed by atoms with Gasteiger partial charge in [-0.05, 0) is 25.1 Å². The Balaban J connectivity index is 1.77. The molecule has 0 unspecified atom stereocenters. The van der Waals surface area contributed by atoms with E-state index in [1.165, 1.54) is 4.90 Å². The standard InChI is InChI=1S/C14H13N3O4/c1-9-7-12(21-16-9)13(18)15-10-3-2-4-11(8-10)17-5-6-20-14(17)19/h2-4,7-8H,5-6H2,1H3,(H,15,18). The Morgan fingerprint density at radius 2 is 2.24 bits per heavy atom. The van der Waals surface area contributed by atoms with Crippen LogP contribution in [0.4, 0.5) is 16.2 Å². The second-order valence-corrected chi connectivity index (χ2v) is 4.60. The van der Waals surface area contributed by atoms with Crippen molar-refractivity contribution in [2.75, 3.05) is 23.4 Å². The average molecular weight is 287 g/mol. The maximum Gasteiger partial charge on any atom is 0.414 e. The molecule has 1 aromatic heterocycles. The van der Waals surface area contributed by atoms with Crippen LogP contribution >= 0.6 is 0 Å². The van der Waals surface area contributed by atoms with Crippen molar-refractivity contribution < 1.29 is 18.8 Å². The molecule has 0 aliphatic carbocycles. The van der Waals surface area contributed by atoms with Crippen molar-refractivity contribution >= 4 is 23.4 Å². The molecule has 1 fully saturated rings. The van der Waals surface area contributed by atoms with Crippen molar-refractivity contribution in [2.24, 2.45) is 0 Å². The van der Waals surface area contributed by atoms with Crippen LogP contribution in [0.15, 0.2) is 34.9 Å². The SMILES string of the molecule is Cc1cc(C(=O)Nc2cccc(N3CCOC3=O)c2)on1. The fraction of sp³-hybridized carbons (Fsp3) is 0.214. The number of ether oxygens (including phenoxy) is 1. The lowest BCUT2D eigenvalue weighted by molar-refractivity contribution is 0.0988. The van der Waals surface area contributed by atoms with E-state index in [0.717, 1.165) is 0 Å². The van der Waals surface area contributed by atoms with Gasteiger partial charge in [0.15, 0.2) is 0 Å². The number of aryl methyl sites for hydroxylation is 1. The van der Waals surface area contributed by atoms with Crippen LogP contribution in [-0.2, 0) is 4.74 Å². The van der Waals surface area contributed by atoms with Crippen LogP contribution in [0, 0.1) is 6.92 Å². The summed E-state index contributed by atoms with van der Waals surface area (Å²) >= 11 is 0. The number of carbonyl (C=O) groups excluding carboxylic acids is 2. The molecule has 2 amide bonds. The van der Waals surface area contributed by atoms with Crippen LogP contribution in [0.2, 0.25) is 0 Å². The molecule has 1 N–H and O–H groups in total. The lowest BCUT2D eigenvalue weighted by atomic mass is 10.2. The molecule has 21 heavy (non-hydrogen) atoms. The highest BCUT2D eigenvalue weighted by Gasteiger charge is 2.23. The molecule has 1 aromatic carbocycles. The third kappa shape index (κ3) is 2.71. The van der Waals surface area contributed by atoms with Gasteiger partial charge in [-0.2, -0.15) is 0 Å². The second-order valence-electron chi connectivity index (χ2n) is 4.60. The predicted octanol–water partition coefficient (Wildman–Crippen LogP) is 2.19. The maximum absolute atomic E-state index is 12.0. The Morgan fingerprint density at radius 3 is 2.90 bits per heavy atom. The third-order valence-corrected chi connectivity index (χ3v) is 3.03. The summed E-state index contributed by atoms with van der Waals surface area (Å²) in [6.45, 7) is 2.60. The molecule has 0 spiro atoms. The Hall–Kier alpha value is -2.83. The first-order valence-electron chi connectivity index (χ1n) is 6.42. The van der Waals surface area contributed by atoms with Crippen LogP contribution in [0.5, 0.6) is 0 Å². The molecule has 2 heterocycles. The van der Waals surface area contributed by atoms with E-state index in [0.29, 0.717) is 30.2 Å². The summed E-state index contributed by atoms with van der Waals surface area (Å²) in [7, 11) is 0. The molecule has 0 bridgehead atoms. The predicted molar refractivity (Wildman–Crippen MR) is 74.3 cm³/mol. The molecule has 1 saturated heterocycles. The van der Waals surface area contributed by atoms with Gasteiger partial charge in [-0.25, -0.2) is 4.79 Å². The molecule has 0 atom stereocenters. The third-order valence-electron chi connectivity index (χ3n) is 3.03. The molecule has 7 heteroatoms. The molecule has 1 aliphatic rings. The monoisotopic (exact) mass is 287 g/mol. The van der Waals surface area contributed by atoms with Gasteiger partial charge >= 0.3 is 6.09 Å². The average Bonchev–Trinajstić information content (AvgIpc) is 3.08. The highest BCUT2D eigenvalue weighted by molar-refractivity contribution is 6.02. The molecule has 7 nitrogen and oxygen atoms in total. The van der Waals surface area contributed by atoms with Crippen LogP contribution < -0.4 is 10.2 Å². The summed E-state index contributed by atoms with van der Waals surface area (Å²) in [6, 6.07) is 8.51. The molecule has 0 saturated carbocycles. The smallest absolute Gasteiger partial charge is 0.414 e. The van der Waals surface area contributed by atoms with Gasteiger partial charge in [0.25, 0.3) is 5.91 Å². The van der Waals surface area contributed by atoms with Crippen LogP contribution in [0.1, 0.15) is 16.2 Å². The van der Waals surface area contributed by atoms with Crippen molar-refractivity contribution in [3.05, 3.63) is 41.8 Å². The first kappa shape index (κ1) is 13.2. The molecular weight excluding hydrogens is 274 g/mol. The van der Waals surface area contributed by atoms with Gasteiger partial charge in [-0.15, -0.1) is 0 Å². The van der Waals surface area contributed by atoms with Gasteiger partial charge in [0.1, 0.15) is 6.61 Å². The summed E-state index contributed by atoms with van der Waals surface area (Å²) in [4.78, 5) is 25.0. The number of nitrogens with one attached hydrogen (secondary N) is 1. The van der Waals surface area contributed by atoms with Crippen molar-refractivity contribution in [1.82, 2.24) is 5.16 Å². The van der Waals surface area contributed by atoms with Gasteiger partial charge in [-0.1, -0.05) is 11.2 Å². The Bertz CT molecular complexity index is 695. The number of aromatic nitrogens is 1. The summed E-state index contributed by atoms with van der Waals surface area (Å²) in [5, 5.41) is 6.36. The summed E-state index contributed by atoms with van der Waals surface area (Å²) in [5.74, 6) is -0.254. The zero-order valence-corrected chi connectivity index (χ0v) is 11.3. The molecule has 1 aliphatic heterocycles. The van der Waals surface area contributed by atoms with E-state index in [9.17, 15) is 9.59 Å². The largest absolute Gasteiger partial charge is 0.447 e. The number of rotatable bonds is 3. The van der Waals surface area contributed by atoms with Gasteiger partial charge in [0, 0.05) is 17.4 Å². The van der Waals surface area contributed by atoms with Crippen molar-refractivity contribution in [3.8, 4) is 0 Å². The van der Waals surface area contributed by atoms with Gasteiger partial charge in [0.05, 0.1) is 12.2 Å². The second kappa shape index (κ2) is 5.28. The summed E-state index contributed by atoms with van der Waals surface area (Å²) in [5.41, 5.74) is 1.86. The number of cyclic esters (lactones) is 1. The van der Waals surface area contributed by atoms with Gasteiger partial charge < -0.3 is 14.6 Å². The highest BCUT2D eigenvalue weighted by Crippen LogP contribution is 2.22. The quantitative estimate of drug-likeness (QED) is 0.935. The van der Waals surface area contributed by atoms with E-state index in [-0.39, 0.29) is 11.9 Å². The number of hydrogen-bond donors (Lipinski definition) is 1. The number of benzene rings is 1.